The minimum Gasteiger partial charge on any atom is -0.368 e. The molecular formula is C21H18FN5O2. The van der Waals surface area contributed by atoms with Crippen molar-refractivity contribution in [3.8, 4) is 5.69 Å². The van der Waals surface area contributed by atoms with E-state index in [1.807, 2.05) is 30.6 Å². The summed E-state index contributed by atoms with van der Waals surface area (Å²) in [6.45, 7) is 0. The highest BCUT2D eigenvalue weighted by Gasteiger charge is 2.35. The molecule has 0 aliphatic carbocycles. The van der Waals surface area contributed by atoms with Gasteiger partial charge in [-0.05, 0) is 42.5 Å². The smallest absolute Gasteiger partial charge is 0.272 e. The maximum atomic E-state index is 14.3. The molecule has 0 bridgehead atoms. The van der Waals surface area contributed by atoms with E-state index in [0.29, 0.717) is 11.4 Å². The number of aromatic nitrogens is 1. The molecule has 146 valence electrons. The van der Waals surface area contributed by atoms with Gasteiger partial charge in [0, 0.05) is 24.5 Å². The highest BCUT2D eigenvalue weighted by molar-refractivity contribution is 6.44. The number of anilines is 2. The molecule has 3 aromatic rings. The number of nitrogens with two attached hydrogens (primary N) is 1. The number of primary amides is 1. The molecule has 2 amide bonds. The summed E-state index contributed by atoms with van der Waals surface area (Å²) in [5.41, 5.74) is 6.95. The van der Waals surface area contributed by atoms with Gasteiger partial charge in [-0.1, -0.05) is 18.2 Å². The molecule has 0 saturated heterocycles. The van der Waals surface area contributed by atoms with Crippen molar-refractivity contribution in [2.75, 3.05) is 10.3 Å². The third kappa shape index (κ3) is 3.73. The summed E-state index contributed by atoms with van der Waals surface area (Å²) >= 11 is 0. The monoisotopic (exact) mass is 391 g/mol. The third-order valence-electron chi connectivity index (χ3n) is 4.62. The highest BCUT2D eigenvalue weighted by atomic mass is 19.1. The Bertz CT molecular complexity index is 1080. The Balaban J connectivity index is 1.59. The summed E-state index contributed by atoms with van der Waals surface area (Å²) in [5, 5.41) is 8.24. The molecule has 1 aromatic heterocycles. The number of nitrogens with zero attached hydrogens (tertiary/aromatic N) is 3. The van der Waals surface area contributed by atoms with Crippen LogP contribution in [0.15, 0.2) is 78.2 Å². The zero-order chi connectivity index (χ0) is 20.4. The lowest BCUT2D eigenvalue weighted by atomic mass is 10.1. The van der Waals surface area contributed by atoms with Crippen LogP contribution in [0.4, 0.5) is 15.8 Å². The molecule has 29 heavy (non-hydrogen) atoms. The molecule has 2 aromatic carbocycles. The van der Waals surface area contributed by atoms with Crippen molar-refractivity contribution >= 4 is 28.9 Å². The predicted octanol–water partition coefficient (Wildman–Crippen LogP) is 2.68. The van der Waals surface area contributed by atoms with Crippen LogP contribution in [-0.4, -0.2) is 28.1 Å². The Morgan fingerprint density at radius 3 is 2.45 bits per heavy atom. The Labute approximate surface area is 166 Å². The number of amides is 2. The minimum atomic E-state index is -0.783. The van der Waals surface area contributed by atoms with Crippen molar-refractivity contribution in [1.82, 2.24) is 4.57 Å². The van der Waals surface area contributed by atoms with E-state index in [9.17, 15) is 14.0 Å². The average molecular weight is 391 g/mol. The molecule has 8 heteroatoms. The lowest BCUT2D eigenvalue weighted by Crippen LogP contribution is -2.39. The predicted molar refractivity (Wildman–Crippen MR) is 108 cm³/mol. The average Bonchev–Trinajstić information content (AvgIpc) is 3.40. The van der Waals surface area contributed by atoms with Gasteiger partial charge in [0.1, 0.15) is 17.6 Å². The van der Waals surface area contributed by atoms with Gasteiger partial charge in [-0.25, -0.2) is 4.39 Å². The van der Waals surface area contributed by atoms with Crippen molar-refractivity contribution in [1.29, 1.82) is 0 Å². The van der Waals surface area contributed by atoms with Gasteiger partial charge < -0.3 is 15.6 Å². The van der Waals surface area contributed by atoms with Gasteiger partial charge in [0.25, 0.3) is 5.91 Å². The zero-order valence-electron chi connectivity index (χ0n) is 15.3. The van der Waals surface area contributed by atoms with Gasteiger partial charge in [-0.3, -0.25) is 14.6 Å². The second-order valence-corrected chi connectivity index (χ2v) is 6.56. The first kappa shape index (κ1) is 18.4. The van der Waals surface area contributed by atoms with Crippen LogP contribution in [0, 0.1) is 5.82 Å². The molecule has 0 radical (unpaired) electrons. The van der Waals surface area contributed by atoms with Crippen molar-refractivity contribution in [3.63, 3.8) is 0 Å². The fraction of sp³-hybridized carbons (Fsp3) is 0.0952. The Morgan fingerprint density at radius 2 is 1.76 bits per heavy atom. The van der Waals surface area contributed by atoms with Crippen LogP contribution in [0.2, 0.25) is 0 Å². The minimum absolute atomic E-state index is 0.0256. The van der Waals surface area contributed by atoms with E-state index in [0.717, 1.165) is 0 Å². The van der Waals surface area contributed by atoms with Crippen LogP contribution in [0.5, 0.6) is 0 Å². The number of carbonyl (C=O) groups excluding carboxylic acids is 2. The number of hydrazone groups is 1. The van der Waals surface area contributed by atoms with Crippen LogP contribution < -0.4 is 16.1 Å². The van der Waals surface area contributed by atoms with Gasteiger partial charge >= 0.3 is 0 Å². The van der Waals surface area contributed by atoms with Gasteiger partial charge in [-0.2, -0.15) is 5.10 Å². The number of benzene rings is 2. The van der Waals surface area contributed by atoms with Crippen LogP contribution >= 0.6 is 0 Å². The van der Waals surface area contributed by atoms with Gasteiger partial charge in [-0.15, -0.1) is 0 Å². The molecule has 7 nitrogen and oxygen atoms in total. The summed E-state index contributed by atoms with van der Waals surface area (Å²) < 4.78 is 16.1. The van der Waals surface area contributed by atoms with Crippen molar-refractivity contribution in [2.45, 2.75) is 12.5 Å². The summed E-state index contributed by atoms with van der Waals surface area (Å²) in [6.07, 6.45) is 3.67. The SMILES string of the molecule is NC(=O)C1CC(C(=O)Nc2cc(-n3cccc3)ccc2F)=NN1c1ccccc1. The summed E-state index contributed by atoms with van der Waals surface area (Å²) in [4.78, 5) is 24.6. The van der Waals surface area contributed by atoms with E-state index < -0.39 is 23.7 Å². The molecule has 1 unspecified atom stereocenters. The number of hydrogen-bond acceptors (Lipinski definition) is 4. The zero-order valence-corrected chi connectivity index (χ0v) is 15.3. The van der Waals surface area contributed by atoms with E-state index in [1.54, 1.807) is 34.9 Å². The number of nitrogens with one attached hydrogen (secondary N) is 1. The Morgan fingerprint density at radius 1 is 1.03 bits per heavy atom. The molecule has 2 heterocycles. The van der Waals surface area contributed by atoms with E-state index >= 15 is 0 Å². The van der Waals surface area contributed by atoms with E-state index in [4.69, 9.17) is 5.73 Å². The van der Waals surface area contributed by atoms with Crippen LogP contribution in [0.3, 0.4) is 0 Å². The van der Waals surface area contributed by atoms with Crippen LogP contribution in [0.1, 0.15) is 6.42 Å². The summed E-state index contributed by atoms with van der Waals surface area (Å²) in [7, 11) is 0. The number of carbonyl (C=O) groups is 2. The van der Waals surface area contributed by atoms with Crippen molar-refractivity contribution < 1.29 is 14.0 Å². The van der Waals surface area contributed by atoms with Crippen LogP contribution in [-0.2, 0) is 9.59 Å². The van der Waals surface area contributed by atoms with Crippen molar-refractivity contribution in [3.05, 3.63) is 78.9 Å². The molecule has 0 saturated carbocycles. The Kier molecular flexibility index (Phi) is 4.82. The van der Waals surface area contributed by atoms with Crippen LogP contribution in [0.25, 0.3) is 5.69 Å². The standard InChI is InChI=1S/C21H18FN5O2/c22-16-9-8-15(26-10-4-5-11-26)12-17(16)24-21(29)18-13-19(20(23)28)27(25-18)14-6-2-1-3-7-14/h1-12,19H,13H2,(H2,23,28)(H,24,29). The first-order chi connectivity index (χ1) is 14.0. The topological polar surface area (TPSA) is 92.7 Å². The lowest BCUT2D eigenvalue weighted by Gasteiger charge is -2.20. The van der Waals surface area contributed by atoms with Gasteiger partial charge in [0.15, 0.2) is 0 Å². The molecular weight excluding hydrogens is 373 g/mol. The largest absolute Gasteiger partial charge is 0.368 e. The molecule has 1 aliphatic rings. The third-order valence-corrected chi connectivity index (χ3v) is 4.62. The van der Waals surface area contributed by atoms with E-state index in [1.165, 1.54) is 17.1 Å². The number of para-hydroxylation sites is 1. The Hall–Kier alpha value is -3.94. The number of hydrogen-bond donors (Lipinski definition) is 2. The second kappa shape index (κ2) is 7.59. The van der Waals surface area contributed by atoms with Gasteiger partial charge in [0.05, 0.1) is 11.4 Å². The van der Waals surface area contributed by atoms with E-state index in [-0.39, 0.29) is 17.8 Å². The highest BCUT2D eigenvalue weighted by Crippen LogP contribution is 2.25. The van der Waals surface area contributed by atoms with Gasteiger partial charge in [0.2, 0.25) is 5.91 Å². The fourth-order valence-electron chi connectivity index (χ4n) is 3.16. The molecule has 0 fully saturated rings. The fourth-order valence-corrected chi connectivity index (χ4v) is 3.16. The first-order valence-corrected chi connectivity index (χ1v) is 8.98. The lowest BCUT2D eigenvalue weighted by molar-refractivity contribution is -0.119. The second-order valence-electron chi connectivity index (χ2n) is 6.56. The van der Waals surface area contributed by atoms with Crippen molar-refractivity contribution in [2.24, 2.45) is 10.8 Å². The number of halogens is 1. The first-order valence-electron chi connectivity index (χ1n) is 8.98. The number of rotatable bonds is 5. The maximum absolute atomic E-state index is 14.3. The molecule has 1 aliphatic heterocycles. The molecule has 0 spiro atoms. The van der Waals surface area contributed by atoms with E-state index in [2.05, 4.69) is 10.4 Å². The summed E-state index contributed by atoms with van der Waals surface area (Å²) in [5.74, 6) is -1.75. The molecule has 1 atom stereocenters. The quantitative estimate of drug-likeness (QED) is 0.700. The molecule has 3 N–H and O–H groups in total. The normalized spacial score (nSPS) is 15.8. The summed E-state index contributed by atoms with van der Waals surface area (Å²) in [6, 6.07) is 16.3. The maximum Gasteiger partial charge on any atom is 0.272 e. The molecule has 4 rings (SSSR count).